The number of nitrogens with zero attached hydrogens (tertiary/aromatic N) is 5. The predicted octanol–water partition coefficient (Wildman–Crippen LogP) is 11.7. The Morgan fingerprint density at radius 1 is 0.385 bits per heavy atom. The van der Waals surface area contributed by atoms with Crippen molar-refractivity contribution in [3.63, 3.8) is 0 Å². The third-order valence-electron chi connectivity index (χ3n) is 10.3. The molecule has 0 radical (unpaired) electrons. The van der Waals surface area contributed by atoms with Crippen molar-refractivity contribution in [2.75, 3.05) is 0 Å². The zero-order valence-corrected chi connectivity index (χ0v) is 28.0. The second-order valence-corrected chi connectivity index (χ2v) is 13.3. The van der Waals surface area contributed by atoms with Gasteiger partial charge in [0, 0.05) is 33.0 Å². The summed E-state index contributed by atoms with van der Waals surface area (Å²) in [5, 5.41) is 4.44. The van der Waals surface area contributed by atoms with Crippen molar-refractivity contribution < 1.29 is 0 Å². The molecule has 0 fully saturated rings. The molecule has 0 unspecified atom stereocenters. The van der Waals surface area contributed by atoms with Crippen molar-refractivity contribution in [2.45, 2.75) is 0 Å². The second kappa shape index (κ2) is 11.2. The van der Waals surface area contributed by atoms with Gasteiger partial charge in [-0.3, -0.25) is 4.40 Å². The van der Waals surface area contributed by atoms with Crippen LogP contribution in [0.1, 0.15) is 0 Å². The van der Waals surface area contributed by atoms with Crippen LogP contribution in [0.2, 0.25) is 0 Å². The second-order valence-electron chi connectivity index (χ2n) is 13.3. The first kappa shape index (κ1) is 28.7. The van der Waals surface area contributed by atoms with Crippen molar-refractivity contribution >= 4 is 60.3 Å². The van der Waals surface area contributed by atoms with Crippen LogP contribution in [0.25, 0.3) is 99.8 Å². The van der Waals surface area contributed by atoms with Crippen LogP contribution in [-0.2, 0) is 0 Å². The quantitative estimate of drug-likeness (QED) is 0.176. The zero-order valence-electron chi connectivity index (χ0n) is 28.0. The number of imidazole rings is 1. The Morgan fingerprint density at radius 3 is 1.75 bits per heavy atom. The van der Waals surface area contributed by atoms with E-state index in [0.717, 1.165) is 72.1 Å². The highest BCUT2D eigenvalue weighted by Gasteiger charge is 2.22. The van der Waals surface area contributed by atoms with Crippen molar-refractivity contribution in [2.24, 2.45) is 0 Å². The van der Waals surface area contributed by atoms with Crippen LogP contribution in [0.4, 0.5) is 0 Å². The fourth-order valence-electron chi connectivity index (χ4n) is 7.93. The third-order valence-corrected chi connectivity index (χ3v) is 10.3. The Balaban J connectivity index is 1.24. The SMILES string of the molecule is c1ccc(-c2nc(-c3ccccc3)c3c(n2)c2cc(-c4ccc5c(c4)c4ccccc4n5-c4ccccc4)ccc2n2c4ccccc4nc32)cc1. The van der Waals surface area contributed by atoms with Gasteiger partial charge in [-0.2, -0.15) is 0 Å². The van der Waals surface area contributed by atoms with Gasteiger partial charge in [-0.15, -0.1) is 0 Å². The lowest BCUT2D eigenvalue weighted by Crippen LogP contribution is -2.00. The molecule has 0 aliphatic heterocycles. The highest BCUT2D eigenvalue weighted by atomic mass is 15.0. The molecule has 0 aliphatic carbocycles. The fourth-order valence-corrected chi connectivity index (χ4v) is 7.93. The molecule has 0 atom stereocenters. The standard InChI is InChI=1S/C47H29N5/c1-4-14-30(15-5-1)44-43-45(50-46(49-44)31-16-6-2-7-17-31)37-29-33(25-27-41(37)52-42-23-13-11-21-38(42)48-47(43)52)32-24-26-40-36(28-32)35-20-10-12-22-39(35)51(40)34-18-8-3-9-19-34/h1-29H. The summed E-state index contributed by atoms with van der Waals surface area (Å²) in [4.78, 5) is 15.9. The lowest BCUT2D eigenvalue weighted by molar-refractivity contribution is 1.18. The highest BCUT2D eigenvalue weighted by molar-refractivity contribution is 6.17. The summed E-state index contributed by atoms with van der Waals surface area (Å²) in [7, 11) is 0. The maximum absolute atomic E-state index is 5.37. The van der Waals surface area contributed by atoms with Crippen molar-refractivity contribution in [3.05, 3.63) is 176 Å². The minimum atomic E-state index is 0.689. The minimum absolute atomic E-state index is 0.689. The number of hydrogen-bond donors (Lipinski definition) is 0. The van der Waals surface area contributed by atoms with Gasteiger partial charge in [0.15, 0.2) is 5.82 Å². The van der Waals surface area contributed by atoms with E-state index in [9.17, 15) is 0 Å². The van der Waals surface area contributed by atoms with E-state index >= 15 is 0 Å². The molecule has 0 N–H and O–H groups in total. The Hall–Kier alpha value is -7.11. The predicted molar refractivity (Wildman–Crippen MR) is 214 cm³/mol. The molecule has 11 aromatic rings. The third kappa shape index (κ3) is 4.26. The number of para-hydroxylation sites is 4. The molecule has 0 bridgehead atoms. The van der Waals surface area contributed by atoms with E-state index in [2.05, 4.69) is 155 Å². The number of pyridine rings is 1. The lowest BCUT2D eigenvalue weighted by Gasteiger charge is -2.15. The largest absolute Gasteiger partial charge is 0.309 e. The van der Waals surface area contributed by atoms with Gasteiger partial charge in [0.25, 0.3) is 0 Å². The molecule has 0 spiro atoms. The number of hydrogen-bond acceptors (Lipinski definition) is 3. The summed E-state index contributed by atoms with van der Waals surface area (Å²) >= 11 is 0. The molecule has 5 nitrogen and oxygen atoms in total. The number of benzene rings is 7. The first-order chi connectivity index (χ1) is 25.8. The zero-order chi connectivity index (χ0) is 34.2. The number of fused-ring (bicyclic) bond motifs is 11. The van der Waals surface area contributed by atoms with Crippen molar-refractivity contribution in [3.8, 4) is 39.5 Å². The monoisotopic (exact) mass is 663 g/mol. The smallest absolute Gasteiger partial charge is 0.160 e. The molecule has 0 saturated heterocycles. The number of rotatable bonds is 4. The molecule has 0 aliphatic rings. The molecular weight excluding hydrogens is 635 g/mol. The van der Waals surface area contributed by atoms with E-state index in [0.29, 0.717) is 5.82 Å². The van der Waals surface area contributed by atoms with E-state index in [4.69, 9.17) is 15.0 Å². The van der Waals surface area contributed by atoms with Gasteiger partial charge in [-0.1, -0.05) is 121 Å². The van der Waals surface area contributed by atoms with E-state index in [1.54, 1.807) is 0 Å². The van der Waals surface area contributed by atoms with E-state index < -0.39 is 0 Å². The van der Waals surface area contributed by atoms with Crippen LogP contribution in [0.5, 0.6) is 0 Å². The van der Waals surface area contributed by atoms with Crippen LogP contribution in [0.15, 0.2) is 176 Å². The molecule has 7 aromatic carbocycles. The van der Waals surface area contributed by atoms with Crippen LogP contribution < -0.4 is 0 Å². The molecule has 11 rings (SSSR count). The normalized spacial score (nSPS) is 11.8. The van der Waals surface area contributed by atoms with Gasteiger partial charge in [-0.25, -0.2) is 15.0 Å². The highest BCUT2D eigenvalue weighted by Crippen LogP contribution is 2.40. The van der Waals surface area contributed by atoms with Gasteiger partial charge in [-0.05, 0) is 65.7 Å². The average Bonchev–Trinajstić information content (AvgIpc) is 3.77. The van der Waals surface area contributed by atoms with Gasteiger partial charge < -0.3 is 4.57 Å². The van der Waals surface area contributed by atoms with Crippen LogP contribution in [-0.4, -0.2) is 23.9 Å². The Morgan fingerprint density at radius 2 is 0.981 bits per heavy atom. The molecular formula is C47H29N5. The number of aromatic nitrogens is 5. The van der Waals surface area contributed by atoms with E-state index in [-0.39, 0.29) is 0 Å². The summed E-state index contributed by atoms with van der Waals surface area (Å²) < 4.78 is 4.64. The first-order valence-corrected chi connectivity index (χ1v) is 17.5. The Bertz CT molecular complexity index is 3160. The summed E-state index contributed by atoms with van der Waals surface area (Å²) in [5.74, 6) is 0.689. The summed E-state index contributed by atoms with van der Waals surface area (Å²) in [6.45, 7) is 0. The van der Waals surface area contributed by atoms with Crippen LogP contribution in [0.3, 0.4) is 0 Å². The molecule has 52 heavy (non-hydrogen) atoms. The Labute approximate surface area is 298 Å². The summed E-state index contributed by atoms with van der Waals surface area (Å²) in [5.41, 5.74) is 13.4. The fraction of sp³-hybridized carbons (Fsp3) is 0. The first-order valence-electron chi connectivity index (χ1n) is 17.5. The molecule has 242 valence electrons. The topological polar surface area (TPSA) is 48.0 Å². The molecule has 5 heteroatoms. The maximum atomic E-state index is 5.37. The van der Waals surface area contributed by atoms with Crippen molar-refractivity contribution in [1.29, 1.82) is 0 Å². The van der Waals surface area contributed by atoms with Crippen LogP contribution >= 0.6 is 0 Å². The van der Waals surface area contributed by atoms with E-state index in [1.165, 1.54) is 21.8 Å². The average molecular weight is 664 g/mol. The van der Waals surface area contributed by atoms with E-state index in [1.807, 2.05) is 30.3 Å². The summed E-state index contributed by atoms with van der Waals surface area (Å²) in [6.07, 6.45) is 0. The minimum Gasteiger partial charge on any atom is -0.309 e. The molecule has 0 amide bonds. The molecule has 4 aromatic heterocycles. The lowest BCUT2D eigenvalue weighted by atomic mass is 9.98. The van der Waals surface area contributed by atoms with Gasteiger partial charge >= 0.3 is 0 Å². The maximum Gasteiger partial charge on any atom is 0.160 e. The van der Waals surface area contributed by atoms with Gasteiger partial charge in [0.05, 0.1) is 44.2 Å². The van der Waals surface area contributed by atoms with Crippen LogP contribution in [0, 0.1) is 0 Å². The molecule has 0 saturated carbocycles. The summed E-state index contributed by atoms with van der Waals surface area (Å²) in [6, 6.07) is 61.9. The van der Waals surface area contributed by atoms with Crippen molar-refractivity contribution in [1.82, 2.24) is 23.9 Å². The Kier molecular flexibility index (Phi) is 6.18. The molecule has 4 heterocycles. The van der Waals surface area contributed by atoms with Gasteiger partial charge in [0.2, 0.25) is 0 Å². The van der Waals surface area contributed by atoms with Gasteiger partial charge in [0.1, 0.15) is 5.65 Å².